The highest BCUT2D eigenvalue weighted by molar-refractivity contribution is 6.30. The fourth-order valence-electron chi connectivity index (χ4n) is 7.80. The van der Waals surface area contributed by atoms with Gasteiger partial charge >= 0.3 is 0 Å². The van der Waals surface area contributed by atoms with Crippen molar-refractivity contribution < 1.29 is 19.8 Å². The predicted molar refractivity (Wildman–Crippen MR) is 210 cm³/mol. The maximum atomic E-state index is 9.63. The SMILES string of the molecule is [2H]c1c([2H])c([2H])c2c(-c3cc4c5ccccc5oc4c4c3oc3ccccc34)c3c([2H])c([2H])c([2H])c([2H])c3c(-c3ccc(-c4ccccc4)c4ccccc34)c2c1[2H]. The zero-order valence-corrected chi connectivity index (χ0v) is 26.4. The van der Waals surface area contributed by atoms with Crippen molar-refractivity contribution in [2.45, 2.75) is 0 Å². The smallest absolute Gasteiger partial charge is 0.147 e. The summed E-state index contributed by atoms with van der Waals surface area (Å²) in [6.45, 7) is 0. The largest absolute Gasteiger partial charge is 0.455 e. The van der Waals surface area contributed by atoms with Crippen molar-refractivity contribution in [3.8, 4) is 33.4 Å². The normalized spacial score (nSPS) is 14.2. The number of hydrogen-bond acceptors (Lipinski definition) is 2. The molecular formula is C48H28O2. The Morgan fingerprint density at radius 2 is 0.840 bits per heavy atom. The molecule has 0 radical (unpaired) electrons. The van der Waals surface area contributed by atoms with E-state index in [1.54, 1.807) is 0 Å². The van der Waals surface area contributed by atoms with Crippen LogP contribution in [0.4, 0.5) is 0 Å². The molecule has 0 saturated heterocycles. The lowest BCUT2D eigenvalue weighted by molar-refractivity contribution is 0.663. The third kappa shape index (κ3) is 3.79. The first kappa shape index (κ1) is 20.7. The van der Waals surface area contributed by atoms with Gasteiger partial charge in [0.1, 0.15) is 22.3 Å². The number of para-hydroxylation sites is 2. The second-order valence-corrected chi connectivity index (χ2v) is 12.5. The number of furan rings is 2. The first-order chi connectivity index (χ1) is 28.2. The molecule has 0 aliphatic carbocycles. The first-order valence-corrected chi connectivity index (χ1v) is 16.4. The Balaban J connectivity index is 1.43. The molecule has 232 valence electrons. The van der Waals surface area contributed by atoms with E-state index in [1.165, 1.54) is 0 Å². The molecule has 2 nitrogen and oxygen atoms in total. The highest BCUT2D eigenvalue weighted by Crippen LogP contribution is 2.50. The topological polar surface area (TPSA) is 26.3 Å². The van der Waals surface area contributed by atoms with Crippen molar-refractivity contribution >= 4 is 76.2 Å². The highest BCUT2D eigenvalue weighted by Gasteiger charge is 2.25. The van der Waals surface area contributed by atoms with Crippen molar-refractivity contribution in [2.24, 2.45) is 0 Å². The number of benzene rings is 9. The maximum absolute atomic E-state index is 9.63. The van der Waals surface area contributed by atoms with Crippen LogP contribution in [0.5, 0.6) is 0 Å². The van der Waals surface area contributed by atoms with Crippen LogP contribution in [0.15, 0.2) is 179 Å². The van der Waals surface area contributed by atoms with E-state index in [2.05, 4.69) is 0 Å². The molecule has 0 amide bonds. The molecule has 0 fully saturated rings. The van der Waals surface area contributed by atoms with Crippen LogP contribution >= 0.6 is 0 Å². The molecule has 0 bridgehead atoms. The minimum absolute atomic E-state index is 0.114. The van der Waals surface area contributed by atoms with Crippen LogP contribution in [0.25, 0.3) is 110 Å². The van der Waals surface area contributed by atoms with Gasteiger partial charge in [0.2, 0.25) is 0 Å². The van der Waals surface area contributed by atoms with Gasteiger partial charge in [0.15, 0.2) is 0 Å². The van der Waals surface area contributed by atoms with Crippen molar-refractivity contribution in [1.82, 2.24) is 0 Å². The van der Waals surface area contributed by atoms with Gasteiger partial charge in [-0.3, -0.25) is 0 Å². The van der Waals surface area contributed by atoms with Gasteiger partial charge in [0.25, 0.3) is 0 Å². The Labute approximate surface area is 298 Å². The van der Waals surface area contributed by atoms with Crippen LogP contribution in [0, 0.1) is 0 Å². The molecular weight excluding hydrogens is 609 g/mol. The molecule has 11 rings (SSSR count). The van der Waals surface area contributed by atoms with E-state index in [0.29, 0.717) is 44.4 Å². The summed E-state index contributed by atoms with van der Waals surface area (Å²) < 4.78 is 87.7. The Morgan fingerprint density at radius 3 is 1.50 bits per heavy atom. The van der Waals surface area contributed by atoms with Gasteiger partial charge in [-0.15, -0.1) is 0 Å². The van der Waals surface area contributed by atoms with Gasteiger partial charge in [0, 0.05) is 27.3 Å². The summed E-state index contributed by atoms with van der Waals surface area (Å²) in [6.07, 6.45) is 0. The standard InChI is InChI=1S/C48H28O2/c1-2-14-29(15-3-1)30-26-27-38(32-17-5-4-16-31(30)32)44-34-19-6-8-21-36(34)45(37-22-9-7-20-35(37)44)41-28-40-33-18-10-12-24-42(33)49-47(40)46-39-23-11-13-25-43(39)50-48(41)46/h1-28H/i6D,7D,8D,9D,19D,20D,21D,22D. The van der Waals surface area contributed by atoms with E-state index in [1.807, 2.05) is 121 Å². The molecule has 11 aromatic rings. The predicted octanol–water partition coefficient (Wildman–Crippen LogP) is 13.9. The first-order valence-electron chi connectivity index (χ1n) is 20.4. The maximum Gasteiger partial charge on any atom is 0.147 e. The average Bonchev–Trinajstić information content (AvgIpc) is 3.83. The molecule has 50 heavy (non-hydrogen) atoms. The number of hydrogen-bond donors (Lipinski definition) is 0. The van der Waals surface area contributed by atoms with Crippen LogP contribution in [0.3, 0.4) is 0 Å². The van der Waals surface area contributed by atoms with Gasteiger partial charge in [-0.25, -0.2) is 0 Å². The Hall–Kier alpha value is -6.64. The molecule has 0 unspecified atom stereocenters. The molecule has 0 atom stereocenters. The Morgan fingerprint density at radius 1 is 0.360 bits per heavy atom. The van der Waals surface area contributed by atoms with E-state index in [0.717, 1.165) is 38.1 Å². The summed E-state index contributed by atoms with van der Waals surface area (Å²) in [4.78, 5) is 0. The molecule has 2 heteroatoms. The third-order valence-electron chi connectivity index (χ3n) is 9.91. The molecule has 0 N–H and O–H groups in total. The van der Waals surface area contributed by atoms with Crippen molar-refractivity contribution in [3.63, 3.8) is 0 Å². The van der Waals surface area contributed by atoms with Crippen molar-refractivity contribution in [2.75, 3.05) is 0 Å². The molecule has 2 aromatic heterocycles. The summed E-state index contributed by atoms with van der Waals surface area (Å²) in [7, 11) is 0. The van der Waals surface area contributed by atoms with Gasteiger partial charge < -0.3 is 8.83 Å². The minimum Gasteiger partial charge on any atom is -0.455 e. The highest BCUT2D eigenvalue weighted by atomic mass is 16.3. The summed E-state index contributed by atoms with van der Waals surface area (Å²) in [5, 5.41) is 5.08. The molecule has 9 aromatic carbocycles. The van der Waals surface area contributed by atoms with E-state index < -0.39 is 24.2 Å². The van der Waals surface area contributed by atoms with Gasteiger partial charge in [-0.2, -0.15) is 0 Å². The summed E-state index contributed by atoms with van der Waals surface area (Å²) in [5.41, 5.74) is 5.55. The van der Waals surface area contributed by atoms with Crippen LogP contribution in [0.1, 0.15) is 11.0 Å². The molecule has 0 aliphatic heterocycles. The number of fused-ring (bicyclic) bond motifs is 10. The van der Waals surface area contributed by atoms with Crippen LogP contribution in [-0.4, -0.2) is 0 Å². The Kier molecular flexibility index (Phi) is 4.31. The third-order valence-corrected chi connectivity index (χ3v) is 9.91. The van der Waals surface area contributed by atoms with E-state index >= 15 is 0 Å². The zero-order chi connectivity index (χ0) is 39.7. The molecule has 2 heterocycles. The van der Waals surface area contributed by atoms with Gasteiger partial charge in [-0.05, 0) is 72.8 Å². The molecule has 0 spiro atoms. The fourth-order valence-corrected chi connectivity index (χ4v) is 7.80. The number of rotatable bonds is 3. The monoisotopic (exact) mass is 644 g/mol. The molecule has 0 saturated carbocycles. The van der Waals surface area contributed by atoms with E-state index in [4.69, 9.17) is 14.3 Å². The van der Waals surface area contributed by atoms with Crippen LogP contribution < -0.4 is 0 Å². The summed E-state index contributed by atoms with van der Waals surface area (Å²) >= 11 is 0. The lowest BCUT2D eigenvalue weighted by atomic mass is 9.83. The Bertz CT molecular complexity index is 3530. The zero-order valence-electron chi connectivity index (χ0n) is 34.4. The second-order valence-electron chi connectivity index (χ2n) is 12.5. The quantitative estimate of drug-likeness (QED) is 0.179. The lowest BCUT2D eigenvalue weighted by Gasteiger charge is -2.20. The average molecular weight is 645 g/mol. The van der Waals surface area contributed by atoms with E-state index in [9.17, 15) is 5.48 Å². The van der Waals surface area contributed by atoms with E-state index in [-0.39, 0.29) is 51.3 Å². The minimum atomic E-state index is -0.468. The summed E-state index contributed by atoms with van der Waals surface area (Å²) in [6, 6.07) is 35.4. The lowest BCUT2D eigenvalue weighted by Crippen LogP contribution is -1.93. The fraction of sp³-hybridized carbons (Fsp3) is 0. The molecule has 0 aliphatic rings. The summed E-state index contributed by atoms with van der Waals surface area (Å²) in [5.74, 6) is 0. The van der Waals surface area contributed by atoms with Crippen LogP contribution in [0.2, 0.25) is 0 Å². The van der Waals surface area contributed by atoms with Crippen molar-refractivity contribution in [3.05, 3.63) is 170 Å². The van der Waals surface area contributed by atoms with Crippen molar-refractivity contribution in [1.29, 1.82) is 0 Å². The van der Waals surface area contributed by atoms with Gasteiger partial charge in [0.05, 0.1) is 16.4 Å². The second kappa shape index (κ2) is 10.4. The van der Waals surface area contributed by atoms with Gasteiger partial charge in [-0.1, -0.05) is 151 Å². The van der Waals surface area contributed by atoms with Crippen LogP contribution in [-0.2, 0) is 0 Å².